The fourth-order valence-corrected chi connectivity index (χ4v) is 3.63. The van der Waals surface area contributed by atoms with Gasteiger partial charge in [0, 0.05) is 45.4 Å². The lowest BCUT2D eigenvalue weighted by Gasteiger charge is -2.29. The number of pyridine rings is 3. The lowest BCUT2D eigenvalue weighted by molar-refractivity contribution is 0.359. The summed E-state index contributed by atoms with van der Waals surface area (Å²) in [4.78, 5) is 24.8. The Morgan fingerprint density at radius 1 is 1.10 bits per heavy atom. The van der Waals surface area contributed by atoms with Gasteiger partial charge in [-0.3, -0.25) is 9.78 Å². The summed E-state index contributed by atoms with van der Waals surface area (Å²) in [5.41, 5.74) is 2.41. The average Bonchev–Trinajstić information content (AvgIpc) is 2.67. The SMILES string of the molecule is CC(Nc1nc2c(-c3ccncc3)c[nH]c(=O)c2c2cc(Br)ccc12)C(C)(C)C. The second-order valence-corrected chi connectivity index (χ2v) is 9.29. The Morgan fingerprint density at radius 2 is 1.83 bits per heavy atom. The van der Waals surface area contributed by atoms with Gasteiger partial charge in [-0.05, 0) is 48.2 Å². The molecule has 0 aliphatic heterocycles. The van der Waals surface area contributed by atoms with Gasteiger partial charge in [0.25, 0.3) is 5.56 Å². The Labute approximate surface area is 177 Å². The second kappa shape index (κ2) is 7.26. The summed E-state index contributed by atoms with van der Waals surface area (Å²) in [6.07, 6.45) is 5.21. The molecule has 0 aliphatic carbocycles. The van der Waals surface area contributed by atoms with Gasteiger partial charge in [0.1, 0.15) is 5.82 Å². The van der Waals surface area contributed by atoms with Crippen molar-refractivity contribution >= 4 is 43.4 Å². The number of benzene rings is 1. The van der Waals surface area contributed by atoms with Crippen molar-refractivity contribution in [3.05, 3.63) is 63.7 Å². The van der Waals surface area contributed by atoms with Crippen molar-refractivity contribution in [2.75, 3.05) is 5.32 Å². The van der Waals surface area contributed by atoms with E-state index in [2.05, 4.69) is 58.9 Å². The maximum atomic E-state index is 12.8. The summed E-state index contributed by atoms with van der Waals surface area (Å²) in [6.45, 7) is 8.73. The number of aromatic nitrogens is 3. The van der Waals surface area contributed by atoms with Crippen LogP contribution in [0.5, 0.6) is 0 Å². The summed E-state index contributed by atoms with van der Waals surface area (Å²) < 4.78 is 0.918. The number of hydrogen-bond donors (Lipinski definition) is 2. The van der Waals surface area contributed by atoms with Gasteiger partial charge in [0.15, 0.2) is 0 Å². The van der Waals surface area contributed by atoms with Gasteiger partial charge >= 0.3 is 0 Å². The molecule has 0 radical (unpaired) electrons. The smallest absolute Gasteiger partial charge is 0.258 e. The molecule has 5 nitrogen and oxygen atoms in total. The minimum Gasteiger partial charge on any atom is -0.367 e. The standard InChI is InChI=1S/C23H23BrN4O/c1-13(23(2,3)4)27-21-16-6-5-15(24)11-17(16)19-20(28-21)18(12-26-22(19)29)14-7-9-25-10-8-14/h5-13H,1-4H3,(H,26,29)(H,27,28). The van der Waals surface area contributed by atoms with Crippen LogP contribution in [0.25, 0.3) is 32.8 Å². The maximum absolute atomic E-state index is 12.8. The normalized spacial score (nSPS) is 13.0. The van der Waals surface area contributed by atoms with Crippen molar-refractivity contribution < 1.29 is 0 Å². The monoisotopic (exact) mass is 450 g/mol. The molecule has 3 heterocycles. The first-order valence-electron chi connectivity index (χ1n) is 9.57. The third-order valence-corrected chi connectivity index (χ3v) is 5.93. The molecule has 0 saturated heterocycles. The lowest BCUT2D eigenvalue weighted by Crippen LogP contribution is -2.31. The Balaban J connectivity index is 2.09. The fourth-order valence-electron chi connectivity index (χ4n) is 3.27. The van der Waals surface area contributed by atoms with Crippen molar-refractivity contribution in [3.63, 3.8) is 0 Å². The third-order valence-electron chi connectivity index (χ3n) is 5.44. The number of hydrogen-bond acceptors (Lipinski definition) is 4. The van der Waals surface area contributed by atoms with Crippen LogP contribution in [0.1, 0.15) is 27.7 Å². The first-order valence-corrected chi connectivity index (χ1v) is 10.4. The number of anilines is 1. The summed E-state index contributed by atoms with van der Waals surface area (Å²) >= 11 is 3.55. The molecule has 0 amide bonds. The zero-order chi connectivity index (χ0) is 20.8. The van der Waals surface area contributed by atoms with Crippen molar-refractivity contribution in [3.8, 4) is 11.1 Å². The van der Waals surface area contributed by atoms with Crippen LogP contribution in [0.2, 0.25) is 0 Å². The quantitative estimate of drug-likeness (QED) is 0.390. The van der Waals surface area contributed by atoms with Gasteiger partial charge in [-0.2, -0.15) is 0 Å². The number of rotatable bonds is 3. The van der Waals surface area contributed by atoms with E-state index in [1.54, 1.807) is 18.6 Å². The van der Waals surface area contributed by atoms with E-state index in [-0.39, 0.29) is 17.0 Å². The molecule has 0 aliphatic rings. The first kappa shape index (κ1) is 19.6. The predicted octanol–water partition coefficient (Wildman–Crippen LogP) is 5.75. The number of H-pyrrole nitrogens is 1. The third kappa shape index (κ3) is 3.65. The zero-order valence-electron chi connectivity index (χ0n) is 16.9. The van der Waals surface area contributed by atoms with Crippen molar-refractivity contribution in [2.24, 2.45) is 5.41 Å². The van der Waals surface area contributed by atoms with Crippen LogP contribution < -0.4 is 10.9 Å². The van der Waals surface area contributed by atoms with Crippen molar-refractivity contribution in [1.82, 2.24) is 15.0 Å². The molecule has 0 saturated carbocycles. The van der Waals surface area contributed by atoms with Crippen LogP contribution in [0, 0.1) is 5.41 Å². The molecule has 0 fully saturated rings. The highest BCUT2D eigenvalue weighted by Gasteiger charge is 2.22. The van der Waals surface area contributed by atoms with E-state index in [9.17, 15) is 4.79 Å². The van der Waals surface area contributed by atoms with E-state index in [0.29, 0.717) is 10.9 Å². The molecular formula is C23H23BrN4O. The maximum Gasteiger partial charge on any atom is 0.258 e. The second-order valence-electron chi connectivity index (χ2n) is 8.37. The summed E-state index contributed by atoms with van der Waals surface area (Å²) in [7, 11) is 0. The Hall–Kier alpha value is -2.73. The van der Waals surface area contributed by atoms with Gasteiger partial charge in [0.2, 0.25) is 0 Å². The number of nitrogens with one attached hydrogen (secondary N) is 2. The van der Waals surface area contributed by atoms with Crippen LogP contribution >= 0.6 is 15.9 Å². The highest BCUT2D eigenvalue weighted by molar-refractivity contribution is 9.10. The van der Waals surface area contributed by atoms with E-state index in [4.69, 9.17) is 4.98 Å². The number of halogens is 1. The van der Waals surface area contributed by atoms with Gasteiger partial charge < -0.3 is 10.3 Å². The van der Waals surface area contributed by atoms with Crippen LogP contribution in [-0.2, 0) is 0 Å². The van der Waals surface area contributed by atoms with E-state index < -0.39 is 0 Å². The van der Waals surface area contributed by atoms with Gasteiger partial charge in [-0.1, -0.05) is 36.7 Å². The molecular weight excluding hydrogens is 428 g/mol. The number of aromatic amines is 1. The molecule has 1 atom stereocenters. The topological polar surface area (TPSA) is 70.7 Å². The highest BCUT2D eigenvalue weighted by Crippen LogP contribution is 2.35. The molecule has 0 bridgehead atoms. The van der Waals surface area contributed by atoms with E-state index in [0.717, 1.165) is 32.2 Å². The van der Waals surface area contributed by atoms with Crippen LogP contribution in [0.4, 0.5) is 5.82 Å². The lowest BCUT2D eigenvalue weighted by atomic mass is 9.88. The minimum absolute atomic E-state index is 0.0560. The molecule has 0 spiro atoms. The van der Waals surface area contributed by atoms with Crippen LogP contribution in [0.3, 0.4) is 0 Å². The summed E-state index contributed by atoms with van der Waals surface area (Å²) in [5, 5.41) is 5.96. The van der Waals surface area contributed by atoms with E-state index in [1.165, 1.54) is 0 Å². The van der Waals surface area contributed by atoms with E-state index >= 15 is 0 Å². The van der Waals surface area contributed by atoms with Crippen LogP contribution in [-0.4, -0.2) is 21.0 Å². The largest absolute Gasteiger partial charge is 0.367 e. The Kier molecular flexibility index (Phi) is 4.90. The first-order chi connectivity index (χ1) is 13.8. The molecule has 1 aromatic carbocycles. The number of fused-ring (bicyclic) bond motifs is 3. The number of nitrogens with zero attached hydrogens (tertiary/aromatic N) is 2. The molecule has 2 N–H and O–H groups in total. The molecule has 29 heavy (non-hydrogen) atoms. The van der Waals surface area contributed by atoms with E-state index in [1.807, 2.05) is 30.3 Å². The predicted molar refractivity (Wildman–Crippen MR) is 123 cm³/mol. The van der Waals surface area contributed by atoms with Gasteiger partial charge in [-0.25, -0.2) is 4.98 Å². The summed E-state index contributed by atoms with van der Waals surface area (Å²) in [5.74, 6) is 0.781. The highest BCUT2D eigenvalue weighted by atomic mass is 79.9. The Morgan fingerprint density at radius 3 is 2.52 bits per heavy atom. The Bertz CT molecular complexity index is 1260. The van der Waals surface area contributed by atoms with Gasteiger partial charge in [-0.15, -0.1) is 0 Å². The molecule has 3 aromatic heterocycles. The van der Waals surface area contributed by atoms with Crippen molar-refractivity contribution in [1.29, 1.82) is 0 Å². The minimum atomic E-state index is -0.149. The van der Waals surface area contributed by atoms with Crippen molar-refractivity contribution in [2.45, 2.75) is 33.7 Å². The average molecular weight is 451 g/mol. The molecule has 1 unspecified atom stereocenters. The fraction of sp³-hybridized carbons (Fsp3) is 0.261. The molecule has 4 rings (SSSR count). The van der Waals surface area contributed by atoms with Gasteiger partial charge in [0.05, 0.1) is 10.9 Å². The molecule has 148 valence electrons. The zero-order valence-corrected chi connectivity index (χ0v) is 18.5. The molecule has 6 heteroatoms. The van der Waals surface area contributed by atoms with Crippen LogP contribution in [0.15, 0.2) is 58.2 Å². The summed E-state index contributed by atoms with van der Waals surface area (Å²) in [6, 6.07) is 9.99. The molecule has 4 aromatic rings.